The molecule has 7 nitrogen and oxygen atoms in total. The Labute approximate surface area is 180 Å². The second-order valence-electron chi connectivity index (χ2n) is 6.43. The number of halogens is 2. The van der Waals surface area contributed by atoms with Crippen molar-refractivity contribution in [1.29, 1.82) is 0 Å². The number of pyridine rings is 1. The smallest absolute Gasteiger partial charge is 0.273 e. The van der Waals surface area contributed by atoms with E-state index in [1.54, 1.807) is 0 Å². The Morgan fingerprint density at radius 3 is 2.64 bits per heavy atom. The zero-order valence-electron chi connectivity index (χ0n) is 15.4. The summed E-state index contributed by atoms with van der Waals surface area (Å²) < 4.78 is 2.04. The van der Waals surface area contributed by atoms with Crippen molar-refractivity contribution in [3.63, 3.8) is 0 Å². The van der Waals surface area contributed by atoms with Crippen molar-refractivity contribution in [3.05, 3.63) is 52.4 Å². The van der Waals surface area contributed by atoms with E-state index in [2.05, 4.69) is 21.1 Å². The maximum Gasteiger partial charge on any atom is 0.273 e. The van der Waals surface area contributed by atoms with Gasteiger partial charge in [0.15, 0.2) is 0 Å². The summed E-state index contributed by atoms with van der Waals surface area (Å²) in [6, 6.07) is 6.00. The number of aromatic nitrogens is 3. The molecule has 152 valence electrons. The van der Waals surface area contributed by atoms with Crippen LogP contribution in [0.5, 0.6) is 0 Å². The number of nitrogens with zero attached hydrogens (tertiary/aromatic N) is 5. The third kappa shape index (κ3) is 5.01. The lowest BCUT2D eigenvalue weighted by atomic mass is 10.2. The number of imidazole rings is 1. The van der Waals surface area contributed by atoms with E-state index in [0.29, 0.717) is 12.2 Å². The summed E-state index contributed by atoms with van der Waals surface area (Å²) in [6.07, 6.45) is 4.81. The largest absolute Gasteiger partial charge is 0.335 e. The minimum atomic E-state index is 0. The highest BCUT2D eigenvalue weighted by atomic mass is 35.5. The van der Waals surface area contributed by atoms with Crippen LogP contribution in [0.25, 0.3) is 5.65 Å². The van der Waals surface area contributed by atoms with Crippen molar-refractivity contribution in [2.24, 2.45) is 5.73 Å². The molecule has 2 N–H and O–H groups in total. The number of nitrogens with two attached hydrogens (primary N) is 1. The van der Waals surface area contributed by atoms with E-state index >= 15 is 0 Å². The topological polar surface area (TPSA) is 79.8 Å². The van der Waals surface area contributed by atoms with Crippen LogP contribution in [0.2, 0.25) is 0 Å². The Hall–Kier alpha value is -1.71. The molecule has 3 aromatic heterocycles. The maximum absolute atomic E-state index is 12.6. The summed E-state index contributed by atoms with van der Waals surface area (Å²) >= 11 is 1.51. The molecule has 0 atom stereocenters. The summed E-state index contributed by atoms with van der Waals surface area (Å²) in [4.78, 5) is 25.9. The summed E-state index contributed by atoms with van der Waals surface area (Å²) in [5.74, 6) is 0.0249. The first-order valence-corrected chi connectivity index (χ1v) is 9.69. The number of carbonyl (C=O) groups excluding carboxylic acids is 1. The molecule has 0 aliphatic carbocycles. The van der Waals surface area contributed by atoms with Crippen LogP contribution in [0.15, 0.2) is 36.0 Å². The van der Waals surface area contributed by atoms with E-state index in [0.717, 1.165) is 55.5 Å². The van der Waals surface area contributed by atoms with Crippen molar-refractivity contribution in [2.45, 2.75) is 13.0 Å². The first-order valence-electron chi connectivity index (χ1n) is 8.81. The zero-order chi connectivity index (χ0) is 17.9. The Balaban J connectivity index is 0.00000140. The van der Waals surface area contributed by atoms with Gasteiger partial charge in [-0.1, -0.05) is 6.07 Å². The number of carbonyl (C=O) groups is 1. The van der Waals surface area contributed by atoms with E-state index in [4.69, 9.17) is 5.73 Å². The standard InChI is InChI=1S/C18H22N6OS.2ClH/c19-5-4-17-21-15(13-26-17)18(25)23-9-7-22(8-10-23)11-14-12-24-6-2-1-3-16(24)20-14;;/h1-3,6,12-13H,4-5,7-11,19H2;2*1H. The van der Waals surface area contributed by atoms with Crippen LogP contribution in [-0.2, 0) is 13.0 Å². The minimum Gasteiger partial charge on any atom is -0.335 e. The molecular weight excluding hydrogens is 419 g/mol. The summed E-state index contributed by atoms with van der Waals surface area (Å²) in [6.45, 7) is 4.49. The van der Waals surface area contributed by atoms with Gasteiger partial charge in [0.05, 0.1) is 10.7 Å². The normalized spacial score (nSPS) is 14.5. The lowest BCUT2D eigenvalue weighted by Crippen LogP contribution is -2.48. The highest BCUT2D eigenvalue weighted by molar-refractivity contribution is 7.09. The maximum atomic E-state index is 12.6. The summed E-state index contributed by atoms with van der Waals surface area (Å²) in [5, 5.41) is 2.78. The minimum absolute atomic E-state index is 0. The van der Waals surface area contributed by atoms with E-state index in [1.165, 1.54) is 11.3 Å². The van der Waals surface area contributed by atoms with Crippen LogP contribution in [0.3, 0.4) is 0 Å². The predicted molar refractivity (Wildman–Crippen MR) is 116 cm³/mol. The van der Waals surface area contributed by atoms with Crippen LogP contribution in [0, 0.1) is 0 Å². The van der Waals surface area contributed by atoms with E-state index in [1.807, 2.05) is 39.1 Å². The van der Waals surface area contributed by atoms with Gasteiger partial charge < -0.3 is 15.0 Å². The fourth-order valence-electron chi connectivity index (χ4n) is 3.21. The number of hydrogen-bond donors (Lipinski definition) is 1. The lowest BCUT2D eigenvalue weighted by Gasteiger charge is -2.34. The molecule has 1 amide bonds. The zero-order valence-corrected chi connectivity index (χ0v) is 17.8. The molecule has 0 spiro atoms. The Morgan fingerprint density at radius 1 is 1.14 bits per heavy atom. The highest BCUT2D eigenvalue weighted by Gasteiger charge is 2.24. The summed E-state index contributed by atoms with van der Waals surface area (Å²) in [5.41, 5.74) is 8.12. The molecule has 0 unspecified atom stereocenters. The molecule has 0 radical (unpaired) electrons. The van der Waals surface area contributed by atoms with Gasteiger partial charge in [-0.25, -0.2) is 9.97 Å². The second-order valence-corrected chi connectivity index (χ2v) is 7.37. The Morgan fingerprint density at radius 2 is 1.93 bits per heavy atom. The average molecular weight is 443 g/mol. The monoisotopic (exact) mass is 442 g/mol. The van der Waals surface area contributed by atoms with Gasteiger partial charge >= 0.3 is 0 Å². The van der Waals surface area contributed by atoms with Crippen LogP contribution in [0.1, 0.15) is 21.2 Å². The first-order chi connectivity index (χ1) is 12.7. The van der Waals surface area contributed by atoms with Crippen molar-refractivity contribution < 1.29 is 4.79 Å². The van der Waals surface area contributed by atoms with Crippen molar-refractivity contribution in [3.8, 4) is 0 Å². The Kier molecular flexibility index (Phi) is 8.21. The number of fused-ring (bicyclic) bond motifs is 1. The van der Waals surface area contributed by atoms with Gasteiger partial charge in [0.25, 0.3) is 5.91 Å². The van der Waals surface area contributed by atoms with Crippen LogP contribution in [-0.4, -0.2) is 62.8 Å². The molecule has 28 heavy (non-hydrogen) atoms. The first kappa shape index (κ1) is 22.6. The SMILES string of the molecule is Cl.Cl.NCCc1nc(C(=O)N2CCN(Cc3cn4ccccc4n3)CC2)cs1. The van der Waals surface area contributed by atoms with Crippen molar-refractivity contribution in [2.75, 3.05) is 32.7 Å². The Bertz CT molecular complexity index is 873. The number of piperazine rings is 1. The van der Waals surface area contributed by atoms with Crippen molar-refractivity contribution in [1.82, 2.24) is 24.2 Å². The molecule has 4 rings (SSSR count). The number of thiazole rings is 1. The third-order valence-corrected chi connectivity index (χ3v) is 5.50. The number of hydrogen-bond acceptors (Lipinski definition) is 6. The van der Waals surface area contributed by atoms with Gasteiger partial charge in [-0.05, 0) is 18.7 Å². The number of rotatable bonds is 5. The molecule has 3 aromatic rings. The molecule has 10 heteroatoms. The molecule has 0 saturated carbocycles. The average Bonchev–Trinajstić information content (AvgIpc) is 3.28. The van der Waals surface area contributed by atoms with Gasteiger partial charge in [0.1, 0.15) is 11.3 Å². The fourth-order valence-corrected chi connectivity index (χ4v) is 4.00. The summed E-state index contributed by atoms with van der Waals surface area (Å²) in [7, 11) is 0. The van der Waals surface area contributed by atoms with Gasteiger partial charge in [-0.2, -0.15) is 0 Å². The van der Waals surface area contributed by atoms with Crippen LogP contribution >= 0.6 is 36.2 Å². The molecule has 0 aromatic carbocycles. The van der Waals surface area contributed by atoms with Gasteiger partial charge in [0.2, 0.25) is 0 Å². The van der Waals surface area contributed by atoms with E-state index in [-0.39, 0.29) is 30.7 Å². The lowest BCUT2D eigenvalue weighted by molar-refractivity contribution is 0.0622. The molecule has 1 saturated heterocycles. The number of amides is 1. The quantitative estimate of drug-likeness (QED) is 0.654. The molecule has 1 aliphatic heterocycles. The predicted octanol–water partition coefficient (Wildman–Crippen LogP) is 2.09. The molecule has 1 aliphatic rings. The molecular formula is C18H24Cl2N6OS. The van der Waals surface area contributed by atoms with Crippen LogP contribution in [0.4, 0.5) is 0 Å². The van der Waals surface area contributed by atoms with Crippen LogP contribution < -0.4 is 5.73 Å². The highest BCUT2D eigenvalue weighted by Crippen LogP contribution is 2.15. The fraction of sp³-hybridized carbons (Fsp3) is 0.389. The van der Waals surface area contributed by atoms with Gasteiger partial charge in [-0.3, -0.25) is 9.69 Å². The van der Waals surface area contributed by atoms with Gasteiger partial charge in [-0.15, -0.1) is 36.2 Å². The molecule has 4 heterocycles. The van der Waals surface area contributed by atoms with Crippen molar-refractivity contribution >= 4 is 47.7 Å². The third-order valence-electron chi connectivity index (χ3n) is 4.59. The molecule has 0 bridgehead atoms. The molecule has 1 fully saturated rings. The van der Waals surface area contributed by atoms with E-state index in [9.17, 15) is 4.79 Å². The second kappa shape index (κ2) is 10.2. The van der Waals surface area contributed by atoms with E-state index < -0.39 is 0 Å². The van der Waals surface area contributed by atoms with Gasteiger partial charge in [0, 0.05) is 56.9 Å².